The van der Waals surface area contributed by atoms with E-state index in [1.165, 1.54) is 0 Å². The van der Waals surface area contributed by atoms with Crippen molar-refractivity contribution < 1.29 is 27.8 Å². The van der Waals surface area contributed by atoms with Crippen LogP contribution in [0, 0.1) is 0 Å². The lowest BCUT2D eigenvalue weighted by Gasteiger charge is -2.07. The van der Waals surface area contributed by atoms with Gasteiger partial charge in [-0.2, -0.15) is 13.2 Å². The Morgan fingerprint density at radius 3 is 2.65 bits per heavy atom. The molecule has 0 atom stereocenters. The molecule has 1 rings (SSSR count). The predicted molar refractivity (Wildman–Crippen MR) is 51.3 cm³/mol. The molecule has 0 saturated heterocycles. The number of rotatable bonds is 3. The fourth-order valence-electron chi connectivity index (χ4n) is 0.928. The lowest BCUT2D eigenvalue weighted by Crippen LogP contribution is -2.16. The molecular formula is C9H9F3N2O3. The van der Waals surface area contributed by atoms with Crippen LogP contribution in [0.25, 0.3) is 0 Å². The van der Waals surface area contributed by atoms with Crippen LogP contribution in [0.4, 0.5) is 23.7 Å². The highest BCUT2D eigenvalue weighted by atomic mass is 19.4. The van der Waals surface area contributed by atoms with Gasteiger partial charge >= 0.3 is 12.3 Å². The summed E-state index contributed by atoms with van der Waals surface area (Å²) in [6, 6.07) is 1.79. The van der Waals surface area contributed by atoms with Crippen LogP contribution in [0.15, 0.2) is 18.3 Å². The molecule has 2 N–H and O–H groups in total. The summed E-state index contributed by atoms with van der Waals surface area (Å²) in [5, 5.41) is 10.5. The predicted octanol–water partition coefficient (Wildman–Crippen LogP) is 1.64. The van der Waals surface area contributed by atoms with Crippen molar-refractivity contribution in [2.45, 2.75) is 6.18 Å². The van der Waals surface area contributed by atoms with Gasteiger partial charge in [0.05, 0.1) is 18.5 Å². The van der Waals surface area contributed by atoms with Gasteiger partial charge in [-0.1, -0.05) is 0 Å². The SMILES string of the molecule is O=C(Nc1ccc(C(F)(F)F)nc1)OCCO. The third kappa shape index (κ3) is 4.27. The summed E-state index contributed by atoms with van der Waals surface area (Å²) in [6.07, 6.45) is -4.53. The normalized spacial score (nSPS) is 11.1. The topological polar surface area (TPSA) is 71.5 Å². The van der Waals surface area contributed by atoms with Gasteiger partial charge in [0.2, 0.25) is 0 Å². The van der Waals surface area contributed by atoms with Gasteiger partial charge in [0.25, 0.3) is 0 Å². The summed E-state index contributed by atoms with van der Waals surface area (Å²) in [4.78, 5) is 14.1. The molecule has 0 aromatic carbocycles. The fourth-order valence-corrected chi connectivity index (χ4v) is 0.928. The van der Waals surface area contributed by atoms with Gasteiger partial charge in [0.15, 0.2) is 0 Å². The third-order valence-corrected chi connectivity index (χ3v) is 1.62. The molecule has 8 heteroatoms. The number of amides is 1. The van der Waals surface area contributed by atoms with Crippen molar-refractivity contribution in [3.8, 4) is 0 Å². The highest BCUT2D eigenvalue weighted by Crippen LogP contribution is 2.27. The molecule has 0 unspecified atom stereocenters. The Kier molecular flexibility index (Phi) is 4.27. The van der Waals surface area contributed by atoms with E-state index in [0.29, 0.717) is 0 Å². The molecule has 0 saturated carbocycles. The molecule has 1 amide bonds. The minimum Gasteiger partial charge on any atom is -0.447 e. The first-order chi connectivity index (χ1) is 7.93. The summed E-state index contributed by atoms with van der Waals surface area (Å²) in [5.41, 5.74) is -0.979. The molecule has 0 aliphatic rings. The van der Waals surface area contributed by atoms with E-state index in [-0.39, 0.29) is 18.9 Å². The average molecular weight is 250 g/mol. The highest BCUT2D eigenvalue weighted by Gasteiger charge is 2.32. The van der Waals surface area contributed by atoms with E-state index in [1.54, 1.807) is 0 Å². The standard InChI is InChI=1S/C9H9F3N2O3/c10-9(11,12)7-2-1-6(5-13-7)14-8(16)17-4-3-15/h1-2,5,15H,3-4H2,(H,14,16). The Morgan fingerprint density at radius 2 is 2.18 bits per heavy atom. The molecule has 94 valence electrons. The largest absolute Gasteiger partial charge is 0.447 e. The molecule has 0 aliphatic carbocycles. The number of nitrogens with one attached hydrogen (secondary N) is 1. The van der Waals surface area contributed by atoms with Crippen LogP contribution in [-0.2, 0) is 10.9 Å². The van der Waals surface area contributed by atoms with E-state index in [1.807, 2.05) is 0 Å². The van der Waals surface area contributed by atoms with Crippen molar-refractivity contribution in [3.63, 3.8) is 0 Å². The Balaban J connectivity index is 2.60. The number of aliphatic hydroxyl groups is 1. The lowest BCUT2D eigenvalue weighted by atomic mass is 10.3. The van der Waals surface area contributed by atoms with E-state index in [2.05, 4.69) is 15.0 Å². The lowest BCUT2D eigenvalue weighted by molar-refractivity contribution is -0.141. The zero-order chi connectivity index (χ0) is 12.9. The molecule has 0 spiro atoms. The van der Waals surface area contributed by atoms with Gasteiger partial charge in [0, 0.05) is 0 Å². The van der Waals surface area contributed by atoms with Gasteiger partial charge < -0.3 is 9.84 Å². The van der Waals surface area contributed by atoms with Crippen molar-refractivity contribution in [2.24, 2.45) is 0 Å². The van der Waals surface area contributed by atoms with Crippen molar-refractivity contribution in [3.05, 3.63) is 24.0 Å². The number of anilines is 1. The molecule has 0 aliphatic heterocycles. The molecule has 1 heterocycles. The number of alkyl halides is 3. The number of carbonyl (C=O) groups excluding carboxylic acids is 1. The summed E-state index contributed by atoms with van der Waals surface area (Å²) < 4.78 is 40.9. The number of halogens is 3. The zero-order valence-corrected chi connectivity index (χ0v) is 8.49. The van der Waals surface area contributed by atoms with Crippen molar-refractivity contribution in [1.29, 1.82) is 0 Å². The van der Waals surface area contributed by atoms with E-state index < -0.39 is 18.0 Å². The molecular weight excluding hydrogens is 241 g/mol. The number of hydrogen-bond donors (Lipinski definition) is 2. The van der Waals surface area contributed by atoms with E-state index in [0.717, 1.165) is 18.3 Å². The summed E-state index contributed by atoms with van der Waals surface area (Å²) in [7, 11) is 0. The maximum Gasteiger partial charge on any atom is 0.433 e. The van der Waals surface area contributed by atoms with Crippen molar-refractivity contribution in [2.75, 3.05) is 18.5 Å². The summed E-state index contributed by atoms with van der Waals surface area (Å²) >= 11 is 0. The van der Waals surface area contributed by atoms with Crippen LogP contribution in [0.5, 0.6) is 0 Å². The quantitative estimate of drug-likeness (QED) is 0.855. The van der Waals surface area contributed by atoms with Crippen LogP contribution in [0.1, 0.15) is 5.69 Å². The second kappa shape index (κ2) is 5.48. The molecule has 1 aromatic heterocycles. The minimum absolute atomic E-state index is 0.0703. The van der Waals surface area contributed by atoms with Gasteiger partial charge in [-0.15, -0.1) is 0 Å². The van der Waals surface area contributed by atoms with Crippen LogP contribution in [0.3, 0.4) is 0 Å². The van der Waals surface area contributed by atoms with Gasteiger partial charge in [-0.05, 0) is 12.1 Å². The van der Waals surface area contributed by atoms with Crippen molar-refractivity contribution in [1.82, 2.24) is 4.98 Å². The Hall–Kier alpha value is -1.83. The van der Waals surface area contributed by atoms with Crippen LogP contribution in [-0.4, -0.2) is 29.4 Å². The average Bonchev–Trinajstić information content (AvgIpc) is 2.26. The first-order valence-electron chi connectivity index (χ1n) is 4.51. The fraction of sp³-hybridized carbons (Fsp3) is 0.333. The highest BCUT2D eigenvalue weighted by molar-refractivity contribution is 5.84. The van der Waals surface area contributed by atoms with Gasteiger partial charge in [0.1, 0.15) is 12.3 Å². The first-order valence-corrected chi connectivity index (χ1v) is 4.51. The van der Waals surface area contributed by atoms with Crippen LogP contribution >= 0.6 is 0 Å². The van der Waals surface area contributed by atoms with Crippen LogP contribution in [0.2, 0.25) is 0 Å². The Labute approximate surface area is 94.2 Å². The van der Waals surface area contributed by atoms with Crippen LogP contribution < -0.4 is 5.32 Å². The molecule has 1 aromatic rings. The Bertz CT molecular complexity index is 378. The first kappa shape index (κ1) is 13.2. The monoisotopic (exact) mass is 250 g/mol. The molecule has 0 bridgehead atoms. The smallest absolute Gasteiger partial charge is 0.433 e. The van der Waals surface area contributed by atoms with E-state index in [9.17, 15) is 18.0 Å². The molecule has 5 nitrogen and oxygen atoms in total. The maximum atomic E-state index is 12.1. The Morgan fingerprint density at radius 1 is 1.47 bits per heavy atom. The number of carbonyl (C=O) groups is 1. The summed E-state index contributed by atoms with van der Waals surface area (Å²) in [6.45, 7) is -0.529. The third-order valence-electron chi connectivity index (χ3n) is 1.62. The maximum absolute atomic E-state index is 12.1. The molecule has 17 heavy (non-hydrogen) atoms. The van der Waals surface area contributed by atoms with E-state index in [4.69, 9.17) is 5.11 Å². The zero-order valence-electron chi connectivity index (χ0n) is 8.49. The van der Waals surface area contributed by atoms with Gasteiger partial charge in [-0.3, -0.25) is 5.32 Å². The summed E-state index contributed by atoms with van der Waals surface area (Å²) in [5.74, 6) is 0. The number of pyridine rings is 1. The number of nitrogens with zero attached hydrogens (tertiary/aromatic N) is 1. The van der Waals surface area contributed by atoms with Crippen molar-refractivity contribution >= 4 is 11.8 Å². The van der Waals surface area contributed by atoms with E-state index >= 15 is 0 Å². The number of aromatic nitrogens is 1. The molecule has 0 radical (unpaired) electrons. The number of aliphatic hydroxyl groups excluding tert-OH is 1. The minimum atomic E-state index is -4.52. The molecule has 0 fully saturated rings. The second-order valence-electron chi connectivity index (χ2n) is 2.91. The number of hydrogen-bond acceptors (Lipinski definition) is 4. The second-order valence-corrected chi connectivity index (χ2v) is 2.91. The van der Waals surface area contributed by atoms with Gasteiger partial charge in [-0.25, -0.2) is 9.78 Å². The number of ether oxygens (including phenoxy) is 1.